The lowest BCUT2D eigenvalue weighted by Crippen LogP contribution is -2.32. The van der Waals surface area contributed by atoms with E-state index in [1.54, 1.807) is 6.20 Å². The molecule has 0 bridgehead atoms. The van der Waals surface area contributed by atoms with Crippen LogP contribution in [-0.4, -0.2) is 37.4 Å². The second-order valence-corrected chi connectivity index (χ2v) is 6.11. The molecule has 124 valence electrons. The molecule has 8 heteroatoms. The summed E-state index contributed by atoms with van der Waals surface area (Å²) in [5, 5.41) is 8.79. The number of aryl methyl sites for hydroxylation is 1. The predicted octanol–water partition coefficient (Wildman–Crippen LogP) is 2.11. The number of nitrogens with zero attached hydrogens (tertiary/aromatic N) is 3. The number of aliphatic carboxylic acids is 1. The Morgan fingerprint density at radius 1 is 1.38 bits per heavy atom. The van der Waals surface area contributed by atoms with Crippen molar-refractivity contribution in [1.29, 1.82) is 0 Å². The number of nitrogens with one attached hydrogen (secondary N) is 1. The number of hydrogen-bond donors (Lipinski definition) is 3. The monoisotopic (exact) mass is 343 g/mol. The Kier molecular flexibility index (Phi) is 4.68. The quantitative estimate of drug-likeness (QED) is 0.589. The van der Waals surface area contributed by atoms with Gasteiger partial charge in [-0.1, -0.05) is 30.3 Å². The number of imidazole rings is 1. The molecule has 1 aromatic carbocycles. The van der Waals surface area contributed by atoms with E-state index in [0.717, 1.165) is 16.6 Å². The zero-order chi connectivity index (χ0) is 17.1. The Hall–Kier alpha value is -2.58. The number of rotatable bonds is 6. The molecule has 4 N–H and O–H groups in total. The molecule has 0 aliphatic heterocycles. The van der Waals surface area contributed by atoms with Crippen molar-refractivity contribution in [3.63, 3.8) is 0 Å². The minimum Gasteiger partial charge on any atom is -0.480 e. The van der Waals surface area contributed by atoms with Gasteiger partial charge in [-0.2, -0.15) is 4.98 Å². The molecule has 3 aromatic rings. The maximum absolute atomic E-state index is 10.7. The van der Waals surface area contributed by atoms with Crippen LogP contribution in [0.1, 0.15) is 0 Å². The molecular formula is C16H17N5O2S. The van der Waals surface area contributed by atoms with Crippen molar-refractivity contribution in [3.8, 4) is 11.1 Å². The number of carboxylic acids is 1. The number of benzene rings is 1. The Morgan fingerprint density at radius 3 is 2.83 bits per heavy atom. The first kappa shape index (κ1) is 16.3. The van der Waals surface area contributed by atoms with Crippen molar-refractivity contribution < 1.29 is 9.90 Å². The number of pyridine rings is 1. The van der Waals surface area contributed by atoms with Gasteiger partial charge in [-0.15, -0.1) is 0 Å². The van der Waals surface area contributed by atoms with Crippen molar-refractivity contribution in [3.05, 3.63) is 42.6 Å². The number of fused-ring (bicyclic) bond motifs is 1. The largest absolute Gasteiger partial charge is 0.480 e. The molecular weight excluding hydrogens is 326 g/mol. The summed E-state index contributed by atoms with van der Waals surface area (Å²) in [5.74, 6) is -0.185. The highest BCUT2D eigenvalue weighted by Gasteiger charge is 2.13. The average molecular weight is 343 g/mol. The topological polar surface area (TPSA) is 106 Å². The average Bonchev–Trinajstić information content (AvgIpc) is 2.91. The highest BCUT2D eigenvalue weighted by molar-refractivity contribution is 8.00. The fourth-order valence-corrected chi connectivity index (χ4v) is 2.93. The zero-order valence-corrected chi connectivity index (χ0v) is 13.8. The summed E-state index contributed by atoms with van der Waals surface area (Å²) < 4.78 is 4.92. The predicted molar refractivity (Wildman–Crippen MR) is 95.6 cm³/mol. The molecule has 0 aliphatic rings. The Labute approximate surface area is 143 Å². The van der Waals surface area contributed by atoms with E-state index in [2.05, 4.69) is 14.7 Å². The summed E-state index contributed by atoms with van der Waals surface area (Å²) in [5.41, 5.74) is 9.10. The van der Waals surface area contributed by atoms with Crippen LogP contribution in [0.4, 0.5) is 5.95 Å². The highest BCUT2D eigenvalue weighted by Crippen LogP contribution is 2.24. The van der Waals surface area contributed by atoms with E-state index in [0.29, 0.717) is 11.6 Å². The van der Waals surface area contributed by atoms with E-state index in [1.807, 2.05) is 48.0 Å². The maximum Gasteiger partial charge on any atom is 0.321 e. The minimum absolute atomic E-state index is 0.237. The SMILES string of the molecule is Cn1c(NSC[C@H](N)C(=O)O)nc2ncc(-c3ccccc3)cc21. The first-order valence-corrected chi connectivity index (χ1v) is 8.29. The second kappa shape index (κ2) is 6.90. The van der Waals surface area contributed by atoms with Crippen LogP contribution in [0.25, 0.3) is 22.3 Å². The Balaban J connectivity index is 1.81. The van der Waals surface area contributed by atoms with Gasteiger partial charge in [0.1, 0.15) is 6.04 Å². The summed E-state index contributed by atoms with van der Waals surface area (Å²) in [4.78, 5) is 19.6. The maximum atomic E-state index is 10.7. The molecule has 0 saturated carbocycles. The number of aromatic nitrogens is 3. The van der Waals surface area contributed by atoms with Crippen LogP contribution >= 0.6 is 11.9 Å². The van der Waals surface area contributed by atoms with Crippen LogP contribution in [-0.2, 0) is 11.8 Å². The molecule has 0 unspecified atom stereocenters. The number of carbonyl (C=O) groups is 1. The molecule has 3 rings (SSSR count). The van der Waals surface area contributed by atoms with Gasteiger partial charge < -0.3 is 15.4 Å². The second-order valence-electron chi connectivity index (χ2n) is 5.28. The van der Waals surface area contributed by atoms with Crippen LogP contribution in [0, 0.1) is 0 Å². The molecule has 0 saturated heterocycles. The molecule has 0 amide bonds. The molecule has 0 radical (unpaired) electrons. The summed E-state index contributed by atoms with van der Waals surface area (Å²) >= 11 is 1.21. The summed E-state index contributed by atoms with van der Waals surface area (Å²) in [6, 6.07) is 11.1. The van der Waals surface area contributed by atoms with E-state index in [-0.39, 0.29) is 5.75 Å². The molecule has 0 aliphatic carbocycles. The van der Waals surface area contributed by atoms with Gasteiger partial charge in [0, 0.05) is 24.6 Å². The lowest BCUT2D eigenvalue weighted by Gasteiger charge is -2.07. The van der Waals surface area contributed by atoms with E-state index in [1.165, 1.54) is 11.9 Å². The Bertz CT molecular complexity index is 866. The molecule has 2 aromatic heterocycles. The zero-order valence-electron chi connectivity index (χ0n) is 13.0. The number of carboxylic acid groups (broad SMARTS) is 1. The molecule has 2 heterocycles. The molecule has 7 nitrogen and oxygen atoms in total. The summed E-state index contributed by atoms with van der Waals surface area (Å²) in [6.45, 7) is 0. The lowest BCUT2D eigenvalue weighted by molar-refractivity contribution is -0.137. The van der Waals surface area contributed by atoms with Crippen LogP contribution in [0.3, 0.4) is 0 Å². The third-order valence-electron chi connectivity index (χ3n) is 3.59. The van der Waals surface area contributed by atoms with Crippen molar-refractivity contribution in [2.24, 2.45) is 12.8 Å². The van der Waals surface area contributed by atoms with Gasteiger partial charge >= 0.3 is 5.97 Å². The van der Waals surface area contributed by atoms with Crippen LogP contribution in [0.15, 0.2) is 42.6 Å². The van der Waals surface area contributed by atoms with Crippen molar-refractivity contribution in [1.82, 2.24) is 14.5 Å². The smallest absolute Gasteiger partial charge is 0.321 e. The van der Waals surface area contributed by atoms with Gasteiger partial charge in [0.15, 0.2) is 5.65 Å². The third-order valence-corrected chi connectivity index (χ3v) is 4.44. The molecule has 24 heavy (non-hydrogen) atoms. The van der Waals surface area contributed by atoms with Crippen LogP contribution in [0.2, 0.25) is 0 Å². The lowest BCUT2D eigenvalue weighted by atomic mass is 10.1. The normalized spacial score (nSPS) is 12.2. The first-order chi connectivity index (χ1) is 11.6. The van der Waals surface area contributed by atoms with Gasteiger partial charge in [-0.25, -0.2) is 4.98 Å². The third kappa shape index (κ3) is 3.34. The van der Waals surface area contributed by atoms with Crippen molar-refractivity contribution >= 4 is 35.0 Å². The van der Waals surface area contributed by atoms with Gasteiger partial charge in [0.25, 0.3) is 0 Å². The van der Waals surface area contributed by atoms with Gasteiger partial charge in [0.05, 0.1) is 5.52 Å². The van der Waals surface area contributed by atoms with Crippen LogP contribution in [0.5, 0.6) is 0 Å². The number of hydrogen-bond acceptors (Lipinski definition) is 6. The number of anilines is 1. The molecule has 0 fully saturated rings. The minimum atomic E-state index is -1.02. The van der Waals surface area contributed by atoms with Gasteiger partial charge in [0.2, 0.25) is 5.95 Å². The molecule has 0 spiro atoms. The van der Waals surface area contributed by atoms with Gasteiger partial charge in [-0.05, 0) is 23.6 Å². The van der Waals surface area contributed by atoms with E-state index < -0.39 is 12.0 Å². The summed E-state index contributed by atoms with van der Waals surface area (Å²) in [7, 11) is 1.88. The standard InChI is InChI=1S/C16H17N5O2S/c1-21-13-7-11(10-5-3-2-4-6-10)8-18-14(13)19-16(21)20-24-9-12(17)15(22)23/h2-8,12H,9,17H2,1H3,(H,22,23)(H,18,19,20)/t12-/m0/s1. The fourth-order valence-electron chi connectivity index (χ4n) is 2.22. The van der Waals surface area contributed by atoms with E-state index in [9.17, 15) is 4.79 Å². The first-order valence-electron chi connectivity index (χ1n) is 7.30. The number of nitrogens with two attached hydrogens (primary N) is 1. The fraction of sp³-hybridized carbons (Fsp3) is 0.188. The summed E-state index contributed by atoms with van der Waals surface area (Å²) in [6.07, 6.45) is 1.79. The van der Waals surface area contributed by atoms with E-state index in [4.69, 9.17) is 10.8 Å². The van der Waals surface area contributed by atoms with Gasteiger partial charge in [-0.3, -0.25) is 9.52 Å². The highest BCUT2D eigenvalue weighted by atomic mass is 32.2. The van der Waals surface area contributed by atoms with Crippen molar-refractivity contribution in [2.75, 3.05) is 10.5 Å². The molecule has 1 atom stereocenters. The van der Waals surface area contributed by atoms with Crippen LogP contribution < -0.4 is 10.5 Å². The van der Waals surface area contributed by atoms with Crippen molar-refractivity contribution in [2.45, 2.75) is 6.04 Å². The Morgan fingerprint density at radius 2 is 2.12 bits per heavy atom. The van der Waals surface area contributed by atoms with E-state index >= 15 is 0 Å².